The molecule has 26 heavy (non-hydrogen) atoms. The van der Waals surface area contributed by atoms with Crippen molar-refractivity contribution in [1.29, 1.82) is 0 Å². The number of nitrogens with zero attached hydrogens (tertiary/aromatic N) is 1. The number of hydrogen-bond acceptors (Lipinski definition) is 3. The third-order valence-electron chi connectivity index (χ3n) is 4.24. The summed E-state index contributed by atoms with van der Waals surface area (Å²) in [7, 11) is 0. The molecule has 0 unspecified atom stereocenters. The van der Waals surface area contributed by atoms with E-state index in [9.17, 15) is 4.79 Å². The molecular weight excluding hydrogens is 322 g/mol. The highest BCUT2D eigenvalue weighted by Gasteiger charge is 2.08. The number of rotatable bonds is 5. The van der Waals surface area contributed by atoms with Crippen LogP contribution in [0.25, 0.3) is 10.9 Å². The molecule has 0 spiro atoms. The summed E-state index contributed by atoms with van der Waals surface area (Å²) in [4.78, 5) is 16.8. The summed E-state index contributed by atoms with van der Waals surface area (Å²) in [5.41, 5.74) is 3.22. The van der Waals surface area contributed by atoms with E-state index in [-0.39, 0.29) is 5.78 Å². The third kappa shape index (κ3) is 3.33. The maximum atomic E-state index is 12.4. The van der Waals surface area contributed by atoms with Gasteiger partial charge in [0.1, 0.15) is 17.9 Å². The van der Waals surface area contributed by atoms with Gasteiger partial charge in [-0.1, -0.05) is 72.8 Å². The molecule has 0 N–H and O–H groups in total. The van der Waals surface area contributed by atoms with Crippen LogP contribution < -0.4 is 4.74 Å². The molecule has 0 aliphatic rings. The first-order valence-electron chi connectivity index (χ1n) is 8.46. The van der Waals surface area contributed by atoms with Gasteiger partial charge in [0.2, 0.25) is 0 Å². The lowest BCUT2D eigenvalue weighted by molar-refractivity contribution is 0.103. The summed E-state index contributed by atoms with van der Waals surface area (Å²) < 4.78 is 5.94. The van der Waals surface area contributed by atoms with Crippen LogP contribution in [0.2, 0.25) is 0 Å². The number of carbonyl (C=O) groups excluding carboxylic acids is 1. The Hall–Kier alpha value is -3.46. The molecular formula is C23H17NO2. The van der Waals surface area contributed by atoms with Crippen molar-refractivity contribution >= 4 is 16.7 Å². The molecule has 0 amide bonds. The average Bonchev–Trinajstić information content (AvgIpc) is 2.73. The van der Waals surface area contributed by atoms with Crippen LogP contribution >= 0.6 is 0 Å². The number of fused-ring (bicyclic) bond motifs is 1. The molecule has 3 nitrogen and oxygen atoms in total. The van der Waals surface area contributed by atoms with Gasteiger partial charge in [0, 0.05) is 22.7 Å². The number of carbonyl (C=O) groups is 1. The molecule has 0 radical (unpaired) electrons. The quantitative estimate of drug-likeness (QED) is 0.478. The molecule has 0 saturated heterocycles. The van der Waals surface area contributed by atoms with E-state index >= 15 is 0 Å². The maximum Gasteiger partial charge on any atom is 0.193 e. The zero-order valence-corrected chi connectivity index (χ0v) is 14.1. The molecule has 0 bridgehead atoms. The first-order chi connectivity index (χ1) is 12.8. The van der Waals surface area contributed by atoms with E-state index in [0.717, 1.165) is 22.2 Å². The van der Waals surface area contributed by atoms with Gasteiger partial charge >= 0.3 is 0 Å². The predicted octanol–water partition coefficient (Wildman–Crippen LogP) is 5.04. The summed E-state index contributed by atoms with van der Waals surface area (Å²) in [6, 6.07) is 26.6. The van der Waals surface area contributed by atoms with Crippen LogP contribution in [0.15, 0.2) is 91.1 Å². The second kappa shape index (κ2) is 7.19. The number of hydrogen-bond donors (Lipinski definition) is 0. The topological polar surface area (TPSA) is 39.2 Å². The summed E-state index contributed by atoms with van der Waals surface area (Å²) in [6.45, 7) is 0.426. The van der Waals surface area contributed by atoms with Gasteiger partial charge in [-0.25, -0.2) is 0 Å². The number of para-hydroxylation sites is 1. The van der Waals surface area contributed by atoms with Crippen molar-refractivity contribution < 1.29 is 9.53 Å². The number of ketones is 1. The first kappa shape index (κ1) is 16.0. The molecule has 1 aromatic heterocycles. The minimum atomic E-state index is 0.0244. The Morgan fingerprint density at radius 3 is 2.31 bits per heavy atom. The Morgan fingerprint density at radius 1 is 0.769 bits per heavy atom. The van der Waals surface area contributed by atoms with Crippen LogP contribution in [0.5, 0.6) is 5.75 Å². The van der Waals surface area contributed by atoms with Gasteiger partial charge in [-0.2, -0.15) is 0 Å². The van der Waals surface area contributed by atoms with Crippen molar-refractivity contribution in [2.24, 2.45) is 0 Å². The van der Waals surface area contributed by atoms with Gasteiger partial charge in [0.25, 0.3) is 0 Å². The molecule has 0 saturated carbocycles. The minimum Gasteiger partial charge on any atom is -0.487 e. The predicted molar refractivity (Wildman–Crippen MR) is 102 cm³/mol. The lowest BCUT2D eigenvalue weighted by atomic mass is 10.0. The summed E-state index contributed by atoms with van der Waals surface area (Å²) >= 11 is 0. The molecule has 3 aromatic carbocycles. The van der Waals surface area contributed by atoms with E-state index in [4.69, 9.17) is 4.74 Å². The second-order valence-corrected chi connectivity index (χ2v) is 6.01. The van der Waals surface area contributed by atoms with E-state index < -0.39 is 0 Å². The van der Waals surface area contributed by atoms with Crippen molar-refractivity contribution in [2.45, 2.75) is 6.61 Å². The summed E-state index contributed by atoms with van der Waals surface area (Å²) in [5, 5.41) is 1.05. The van der Waals surface area contributed by atoms with Gasteiger partial charge in [-0.15, -0.1) is 0 Å². The molecule has 0 fully saturated rings. The Bertz CT molecular complexity index is 1040. The maximum absolute atomic E-state index is 12.4. The molecule has 0 atom stereocenters. The van der Waals surface area contributed by atoms with Crippen molar-refractivity contribution in [3.05, 3.63) is 108 Å². The summed E-state index contributed by atoms with van der Waals surface area (Å²) in [5.74, 6) is 0.781. The monoisotopic (exact) mass is 339 g/mol. The van der Waals surface area contributed by atoms with E-state index in [0.29, 0.717) is 17.7 Å². The van der Waals surface area contributed by atoms with Crippen LogP contribution in [0, 0.1) is 0 Å². The highest BCUT2D eigenvalue weighted by Crippen LogP contribution is 2.24. The zero-order chi connectivity index (χ0) is 17.8. The van der Waals surface area contributed by atoms with E-state index in [1.807, 2.05) is 84.9 Å². The highest BCUT2D eigenvalue weighted by atomic mass is 16.5. The standard InChI is InChI=1S/C23H17NO2/c25-23(19-6-2-1-3-7-19)20-13-11-17(12-14-20)16-26-21-10-4-8-18-9-5-15-24-22(18)21/h1-15H,16H2. The fourth-order valence-corrected chi connectivity index (χ4v) is 2.86. The fraction of sp³-hybridized carbons (Fsp3) is 0.0435. The smallest absolute Gasteiger partial charge is 0.193 e. The average molecular weight is 339 g/mol. The summed E-state index contributed by atoms with van der Waals surface area (Å²) in [6.07, 6.45) is 1.76. The van der Waals surface area contributed by atoms with Crippen molar-refractivity contribution in [3.63, 3.8) is 0 Å². The molecule has 0 aliphatic heterocycles. The zero-order valence-electron chi connectivity index (χ0n) is 14.1. The first-order valence-corrected chi connectivity index (χ1v) is 8.46. The van der Waals surface area contributed by atoms with Gasteiger partial charge in [0.05, 0.1) is 0 Å². The molecule has 3 heteroatoms. The van der Waals surface area contributed by atoms with Gasteiger partial charge in [-0.3, -0.25) is 9.78 Å². The molecule has 1 heterocycles. The van der Waals surface area contributed by atoms with Crippen molar-refractivity contribution in [1.82, 2.24) is 4.98 Å². The second-order valence-electron chi connectivity index (χ2n) is 6.01. The lowest BCUT2D eigenvalue weighted by Gasteiger charge is -2.09. The Balaban J connectivity index is 1.49. The molecule has 4 aromatic rings. The number of ether oxygens (including phenoxy) is 1. The fourth-order valence-electron chi connectivity index (χ4n) is 2.86. The van der Waals surface area contributed by atoms with Crippen LogP contribution in [0.1, 0.15) is 21.5 Å². The van der Waals surface area contributed by atoms with Crippen LogP contribution in [0.3, 0.4) is 0 Å². The van der Waals surface area contributed by atoms with E-state index in [1.54, 1.807) is 6.20 Å². The Labute approximate surface area is 151 Å². The van der Waals surface area contributed by atoms with E-state index in [2.05, 4.69) is 4.98 Å². The highest BCUT2D eigenvalue weighted by molar-refractivity contribution is 6.08. The number of pyridine rings is 1. The molecule has 0 aliphatic carbocycles. The van der Waals surface area contributed by atoms with Gasteiger partial charge in [-0.05, 0) is 17.7 Å². The van der Waals surface area contributed by atoms with Gasteiger partial charge < -0.3 is 4.74 Å². The molecule has 126 valence electrons. The van der Waals surface area contributed by atoms with Crippen LogP contribution in [0.4, 0.5) is 0 Å². The number of benzene rings is 3. The largest absolute Gasteiger partial charge is 0.487 e. The number of aromatic nitrogens is 1. The van der Waals surface area contributed by atoms with Crippen molar-refractivity contribution in [2.75, 3.05) is 0 Å². The van der Waals surface area contributed by atoms with Crippen LogP contribution in [-0.4, -0.2) is 10.8 Å². The van der Waals surface area contributed by atoms with Crippen LogP contribution in [-0.2, 0) is 6.61 Å². The Kier molecular flexibility index (Phi) is 4.44. The SMILES string of the molecule is O=C(c1ccccc1)c1ccc(COc2cccc3cccnc23)cc1. The lowest BCUT2D eigenvalue weighted by Crippen LogP contribution is -2.02. The van der Waals surface area contributed by atoms with E-state index in [1.165, 1.54) is 0 Å². The molecule has 4 rings (SSSR count). The Morgan fingerprint density at radius 2 is 1.50 bits per heavy atom. The van der Waals surface area contributed by atoms with Crippen molar-refractivity contribution in [3.8, 4) is 5.75 Å². The third-order valence-corrected chi connectivity index (χ3v) is 4.24. The van der Waals surface area contributed by atoms with Gasteiger partial charge in [0.15, 0.2) is 5.78 Å². The minimum absolute atomic E-state index is 0.0244. The normalized spacial score (nSPS) is 10.6.